The zero-order valence-corrected chi connectivity index (χ0v) is 26.3. The van der Waals surface area contributed by atoms with Crippen LogP contribution >= 0.6 is 0 Å². The third-order valence-electron chi connectivity index (χ3n) is 9.35. The van der Waals surface area contributed by atoms with Gasteiger partial charge in [0.2, 0.25) is 0 Å². The molecule has 7 rings (SSSR count). The van der Waals surface area contributed by atoms with Crippen molar-refractivity contribution in [3.8, 4) is 0 Å². The van der Waals surface area contributed by atoms with Crippen LogP contribution in [0.2, 0.25) is 0 Å². The first-order valence-electron chi connectivity index (χ1n) is 16.5. The summed E-state index contributed by atoms with van der Waals surface area (Å²) < 4.78 is 26.3. The van der Waals surface area contributed by atoms with Crippen molar-refractivity contribution in [2.45, 2.75) is 50.0 Å². The number of nitro benzene ring substituents is 1. The number of nitro groups is 1. The van der Waals surface area contributed by atoms with Crippen molar-refractivity contribution < 1.29 is 18.8 Å². The van der Waals surface area contributed by atoms with Crippen LogP contribution in [-0.4, -0.2) is 102 Å². The molecule has 0 bridgehead atoms. The fraction of sp³-hybridized carbons (Fsp3) is 0.529. The van der Waals surface area contributed by atoms with Crippen molar-refractivity contribution in [2.24, 2.45) is 0 Å². The normalized spacial score (nSPS) is 23.8. The lowest BCUT2D eigenvalue weighted by Crippen LogP contribution is -2.50. The van der Waals surface area contributed by atoms with E-state index in [-0.39, 0.29) is 17.8 Å². The Bertz CT molecular complexity index is 1380. The Morgan fingerprint density at radius 2 is 1.37 bits per heavy atom. The highest BCUT2D eigenvalue weighted by Crippen LogP contribution is 2.34. The van der Waals surface area contributed by atoms with Crippen LogP contribution in [0.25, 0.3) is 0 Å². The molecule has 2 aromatic heterocycles. The van der Waals surface area contributed by atoms with Gasteiger partial charge in [0.05, 0.1) is 52.4 Å². The summed E-state index contributed by atoms with van der Waals surface area (Å²) in [6.07, 6.45) is 8.54. The molecule has 0 radical (unpaired) electrons. The van der Waals surface area contributed by atoms with Gasteiger partial charge in [-0.05, 0) is 56.0 Å². The zero-order valence-electron chi connectivity index (χ0n) is 26.3. The lowest BCUT2D eigenvalue weighted by atomic mass is 10.0. The topological polar surface area (TPSA) is 109 Å². The Morgan fingerprint density at radius 3 is 1.83 bits per heavy atom. The van der Waals surface area contributed by atoms with Crippen molar-refractivity contribution in [2.75, 3.05) is 70.5 Å². The first-order chi connectivity index (χ1) is 22.6. The second-order valence-electron chi connectivity index (χ2n) is 12.2. The van der Waals surface area contributed by atoms with Crippen molar-refractivity contribution >= 4 is 11.4 Å². The average Bonchev–Trinajstić information content (AvgIpc) is 3.83. The van der Waals surface area contributed by atoms with Crippen LogP contribution in [0, 0.1) is 15.9 Å². The quantitative estimate of drug-likeness (QED) is 0.284. The molecule has 0 saturated carbocycles. The van der Waals surface area contributed by atoms with Crippen LogP contribution in [0.1, 0.15) is 49.2 Å². The number of ether oxygens (including phenoxy) is 2. The summed E-state index contributed by atoms with van der Waals surface area (Å²) in [4.78, 5) is 26.2. The molecule has 0 aliphatic carbocycles. The lowest BCUT2D eigenvalue weighted by molar-refractivity contribution is -0.385. The number of pyridine rings is 2. The van der Waals surface area contributed by atoms with E-state index in [0.717, 1.165) is 89.2 Å². The molecule has 0 amide bonds. The molecular weight excluding hydrogens is 589 g/mol. The fourth-order valence-corrected chi connectivity index (χ4v) is 7.10. The van der Waals surface area contributed by atoms with Gasteiger partial charge in [-0.15, -0.1) is 0 Å². The molecule has 12 heteroatoms. The number of benzene rings is 1. The van der Waals surface area contributed by atoms with E-state index in [1.54, 1.807) is 6.20 Å². The Morgan fingerprint density at radius 1 is 0.804 bits per heavy atom. The highest BCUT2D eigenvalue weighted by atomic mass is 19.1. The number of nitrogens with one attached hydrogen (secondary N) is 1. The number of non-ortho nitro benzene ring substituents is 1. The van der Waals surface area contributed by atoms with E-state index in [1.165, 1.54) is 18.6 Å². The minimum atomic E-state index is -0.580. The number of aromatic nitrogens is 2. The van der Waals surface area contributed by atoms with Gasteiger partial charge in [-0.2, -0.15) is 0 Å². The molecular formula is C34H44FN7O4. The maximum Gasteiger partial charge on any atom is 0.272 e. The van der Waals surface area contributed by atoms with E-state index in [4.69, 9.17) is 9.47 Å². The molecule has 3 aromatic rings. The summed E-state index contributed by atoms with van der Waals surface area (Å²) in [7, 11) is 0. The first kappa shape index (κ1) is 32.4. The van der Waals surface area contributed by atoms with E-state index in [9.17, 15) is 14.5 Å². The number of anilines is 1. The molecule has 0 spiro atoms. The summed E-state index contributed by atoms with van der Waals surface area (Å²) in [5, 5.41) is 14.2. The largest absolute Gasteiger partial charge is 0.376 e. The predicted octanol–water partition coefficient (Wildman–Crippen LogP) is 4.38. The molecule has 1 N–H and O–H groups in total. The van der Waals surface area contributed by atoms with Crippen molar-refractivity contribution in [1.29, 1.82) is 0 Å². The minimum absolute atomic E-state index is 0.0903. The number of halogens is 1. The molecule has 4 aliphatic rings. The number of hydrogen-bond acceptors (Lipinski definition) is 10. The Hall–Kier alpha value is -3.55. The van der Waals surface area contributed by atoms with Gasteiger partial charge in [0, 0.05) is 84.0 Å². The number of hydrogen-bond donors (Lipinski definition) is 1. The maximum atomic E-state index is 14.4. The molecule has 11 nitrogen and oxygen atoms in total. The summed E-state index contributed by atoms with van der Waals surface area (Å²) in [5.41, 5.74) is 2.35. The molecule has 246 valence electrons. The molecule has 46 heavy (non-hydrogen) atoms. The van der Waals surface area contributed by atoms with Gasteiger partial charge >= 0.3 is 0 Å². The van der Waals surface area contributed by atoms with Crippen LogP contribution in [0.4, 0.5) is 15.8 Å². The van der Waals surface area contributed by atoms with Crippen molar-refractivity contribution in [1.82, 2.24) is 25.1 Å². The highest BCUT2D eigenvalue weighted by Gasteiger charge is 2.36. The summed E-state index contributed by atoms with van der Waals surface area (Å²) in [6, 6.07) is 16.4. The second kappa shape index (κ2) is 15.8. The summed E-state index contributed by atoms with van der Waals surface area (Å²) in [6.45, 7) is 8.76. The molecule has 6 heterocycles. The van der Waals surface area contributed by atoms with Gasteiger partial charge in [0.25, 0.3) is 5.69 Å². The van der Waals surface area contributed by atoms with Gasteiger partial charge in [-0.3, -0.25) is 29.9 Å². The van der Waals surface area contributed by atoms with Gasteiger partial charge in [0.1, 0.15) is 0 Å². The van der Waals surface area contributed by atoms with Crippen molar-refractivity contribution in [3.05, 3.63) is 94.3 Å². The SMILES string of the molecule is O=[N+]([O-])c1ccc(N2CCN(C(c3ccccn3)[C@H]3CCCO3)CC2)c(F)c1.c1ccc(C([C@H]2CCCO2)N2CCNCC2)nc1. The van der Waals surface area contributed by atoms with Gasteiger partial charge in [0.15, 0.2) is 5.82 Å². The van der Waals surface area contributed by atoms with E-state index < -0.39 is 10.7 Å². The highest BCUT2D eigenvalue weighted by molar-refractivity contribution is 5.52. The van der Waals surface area contributed by atoms with E-state index >= 15 is 0 Å². The van der Waals surface area contributed by atoms with E-state index in [1.807, 2.05) is 35.4 Å². The first-order valence-corrected chi connectivity index (χ1v) is 16.5. The Kier molecular flexibility index (Phi) is 11.1. The number of rotatable bonds is 8. The predicted molar refractivity (Wildman–Crippen MR) is 173 cm³/mol. The third-order valence-corrected chi connectivity index (χ3v) is 9.35. The molecule has 4 fully saturated rings. The molecule has 4 atom stereocenters. The molecule has 1 aromatic carbocycles. The smallest absolute Gasteiger partial charge is 0.272 e. The van der Waals surface area contributed by atoms with E-state index in [2.05, 4.69) is 37.2 Å². The molecule has 4 saturated heterocycles. The lowest BCUT2D eigenvalue weighted by Gasteiger charge is -2.41. The Balaban J connectivity index is 0.000000178. The number of piperazine rings is 2. The summed E-state index contributed by atoms with van der Waals surface area (Å²) in [5.74, 6) is -0.553. The van der Waals surface area contributed by atoms with E-state index in [0.29, 0.717) is 30.9 Å². The van der Waals surface area contributed by atoms with Crippen LogP contribution in [0.5, 0.6) is 0 Å². The zero-order chi connectivity index (χ0) is 31.7. The van der Waals surface area contributed by atoms with Crippen LogP contribution in [0.15, 0.2) is 67.0 Å². The molecule has 2 unspecified atom stereocenters. The van der Waals surface area contributed by atoms with Crippen LogP contribution < -0.4 is 10.2 Å². The van der Waals surface area contributed by atoms with Gasteiger partial charge in [-0.1, -0.05) is 12.1 Å². The van der Waals surface area contributed by atoms with Gasteiger partial charge < -0.3 is 19.7 Å². The Labute approximate surface area is 269 Å². The monoisotopic (exact) mass is 633 g/mol. The fourth-order valence-electron chi connectivity index (χ4n) is 7.10. The number of nitrogens with zero attached hydrogens (tertiary/aromatic N) is 6. The molecule has 4 aliphatic heterocycles. The minimum Gasteiger partial charge on any atom is -0.376 e. The average molecular weight is 634 g/mol. The third kappa shape index (κ3) is 7.87. The maximum absolute atomic E-state index is 14.4. The van der Waals surface area contributed by atoms with Crippen molar-refractivity contribution in [3.63, 3.8) is 0 Å². The second-order valence-corrected chi connectivity index (χ2v) is 12.2. The van der Waals surface area contributed by atoms with Gasteiger partial charge in [-0.25, -0.2) is 4.39 Å². The van der Waals surface area contributed by atoms with Crippen LogP contribution in [-0.2, 0) is 9.47 Å². The summed E-state index contributed by atoms with van der Waals surface area (Å²) >= 11 is 0. The van der Waals surface area contributed by atoms with Crippen LogP contribution in [0.3, 0.4) is 0 Å². The standard InChI is InChI=1S/C20H23FN4O3.C14H21N3O/c21-16-14-15(25(26)27)6-7-18(16)23-9-11-24(12-10-23)20(19-5-3-13-28-19)17-4-1-2-8-22-17;1-2-6-16-12(4-1)14(13-5-3-11-18-13)17-9-7-15-8-10-17/h1-2,4,6-8,14,19-20H,3,5,9-13H2;1-2,4,6,13-15H,3,5,7-11H2/t19-,20?;13-,14?/m11/s1.